The highest BCUT2D eigenvalue weighted by Crippen LogP contribution is 2.51. The Morgan fingerprint density at radius 3 is 2.96 bits per heavy atom. The third-order valence-corrected chi connectivity index (χ3v) is 5.95. The van der Waals surface area contributed by atoms with Crippen LogP contribution < -0.4 is 0 Å². The molecule has 0 saturated carbocycles. The lowest BCUT2D eigenvalue weighted by Crippen LogP contribution is -2.43. The number of ketones is 1. The molecule has 4 atom stereocenters. The van der Waals surface area contributed by atoms with Gasteiger partial charge in [0.1, 0.15) is 17.5 Å². The van der Waals surface area contributed by atoms with Crippen molar-refractivity contribution in [3.63, 3.8) is 0 Å². The first-order valence-corrected chi connectivity index (χ1v) is 9.28. The second-order valence-electron chi connectivity index (χ2n) is 8.16. The summed E-state index contributed by atoms with van der Waals surface area (Å²) in [6.45, 7) is 8.75. The van der Waals surface area contributed by atoms with Gasteiger partial charge in [-0.3, -0.25) is 4.79 Å². The van der Waals surface area contributed by atoms with E-state index in [9.17, 15) is 9.90 Å². The first-order chi connectivity index (χ1) is 11.3. The van der Waals surface area contributed by atoms with Gasteiger partial charge in [-0.25, -0.2) is 0 Å². The Morgan fingerprint density at radius 2 is 2.25 bits per heavy atom. The standard InChI is InChI=1S/C21H30O3/c1-13(2)6-5-7-14(3)15-10-11-21(4)17(15)12-16-19(24-21)9-8-18(22)20(16)23/h6,10,14,17-18,22H,5,7-9,11-12H2,1-4H3. The van der Waals surface area contributed by atoms with E-state index in [-0.39, 0.29) is 17.3 Å². The molecular weight excluding hydrogens is 300 g/mol. The molecule has 1 N–H and O–H groups in total. The molecular formula is C21H30O3. The Morgan fingerprint density at radius 1 is 1.50 bits per heavy atom. The number of carbonyl (C=O) groups is 1. The van der Waals surface area contributed by atoms with Crippen LogP contribution >= 0.6 is 0 Å². The van der Waals surface area contributed by atoms with Gasteiger partial charge in [0.15, 0.2) is 5.78 Å². The van der Waals surface area contributed by atoms with Crippen molar-refractivity contribution in [2.24, 2.45) is 11.8 Å². The van der Waals surface area contributed by atoms with Crippen LogP contribution in [0.3, 0.4) is 0 Å². The van der Waals surface area contributed by atoms with Crippen LogP contribution in [-0.4, -0.2) is 22.6 Å². The molecule has 2 aliphatic carbocycles. The summed E-state index contributed by atoms with van der Waals surface area (Å²) in [5.41, 5.74) is 3.35. The Labute approximate surface area is 145 Å². The van der Waals surface area contributed by atoms with E-state index in [2.05, 4.69) is 39.8 Å². The highest BCUT2D eigenvalue weighted by atomic mass is 16.5. The summed E-state index contributed by atoms with van der Waals surface area (Å²) >= 11 is 0. The number of Topliss-reactive ketones (excluding diaryl/α,β-unsaturated/α-hetero) is 1. The lowest BCUT2D eigenvalue weighted by Gasteiger charge is -2.43. The lowest BCUT2D eigenvalue weighted by atomic mass is 9.74. The number of hydrogen-bond donors (Lipinski definition) is 1. The monoisotopic (exact) mass is 330 g/mol. The molecule has 0 fully saturated rings. The number of allylic oxidation sites excluding steroid dienone is 3. The third-order valence-electron chi connectivity index (χ3n) is 5.95. The first kappa shape index (κ1) is 17.5. The number of ether oxygens (including phenoxy) is 1. The maximum Gasteiger partial charge on any atom is 0.190 e. The van der Waals surface area contributed by atoms with Crippen LogP contribution in [-0.2, 0) is 9.53 Å². The zero-order chi connectivity index (χ0) is 17.5. The van der Waals surface area contributed by atoms with Crippen molar-refractivity contribution in [1.29, 1.82) is 0 Å². The Hall–Kier alpha value is -1.35. The van der Waals surface area contributed by atoms with Gasteiger partial charge in [0.05, 0.1) is 0 Å². The highest BCUT2D eigenvalue weighted by Gasteiger charge is 2.49. The molecule has 0 aromatic heterocycles. The van der Waals surface area contributed by atoms with Crippen molar-refractivity contribution < 1.29 is 14.6 Å². The minimum Gasteiger partial charge on any atom is -0.491 e. The van der Waals surface area contributed by atoms with Crippen molar-refractivity contribution in [3.05, 3.63) is 34.6 Å². The normalized spacial score (nSPS) is 33.4. The molecule has 3 heteroatoms. The maximum atomic E-state index is 12.4. The fourth-order valence-corrected chi connectivity index (χ4v) is 4.44. The van der Waals surface area contributed by atoms with Crippen molar-refractivity contribution in [2.75, 3.05) is 0 Å². The quantitative estimate of drug-likeness (QED) is 0.774. The van der Waals surface area contributed by atoms with E-state index in [1.54, 1.807) is 0 Å². The van der Waals surface area contributed by atoms with Crippen LogP contribution in [0.2, 0.25) is 0 Å². The molecule has 0 amide bonds. The molecule has 1 aliphatic heterocycles. The van der Waals surface area contributed by atoms with Gasteiger partial charge in [-0.15, -0.1) is 0 Å². The summed E-state index contributed by atoms with van der Waals surface area (Å²) in [4.78, 5) is 12.4. The molecule has 0 saturated heterocycles. The van der Waals surface area contributed by atoms with Gasteiger partial charge in [-0.1, -0.05) is 30.2 Å². The number of carbonyl (C=O) groups excluding carboxylic acids is 1. The fourth-order valence-electron chi connectivity index (χ4n) is 4.44. The van der Waals surface area contributed by atoms with Crippen LogP contribution in [0, 0.1) is 11.8 Å². The van der Waals surface area contributed by atoms with E-state index in [4.69, 9.17) is 4.74 Å². The molecule has 3 rings (SSSR count). The first-order valence-electron chi connectivity index (χ1n) is 9.28. The second-order valence-corrected chi connectivity index (χ2v) is 8.16. The van der Waals surface area contributed by atoms with Crippen molar-refractivity contribution in [3.8, 4) is 0 Å². The van der Waals surface area contributed by atoms with Crippen LogP contribution in [0.15, 0.2) is 34.6 Å². The van der Waals surface area contributed by atoms with Crippen molar-refractivity contribution in [2.45, 2.75) is 77.9 Å². The summed E-state index contributed by atoms with van der Waals surface area (Å²) in [5, 5.41) is 9.90. The molecule has 0 spiro atoms. The lowest BCUT2D eigenvalue weighted by molar-refractivity contribution is -0.127. The summed E-state index contributed by atoms with van der Waals surface area (Å²) in [5.74, 6) is 1.51. The molecule has 132 valence electrons. The fraction of sp³-hybridized carbons (Fsp3) is 0.667. The zero-order valence-corrected chi connectivity index (χ0v) is 15.4. The molecule has 4 unspecified atom stereocenters. The number of hydrogen-bond acceptors (Lipinski definition) is 3. The molecule has 0 bridgehead atoms. The maximum absolute atomic E-state index is 12.4. The van der Waals surface area contributed by atoms with E-state index < -0.39 is 6.10 Å². The van der Waals surface area contributed by atoms with Crippen LogP contribution in [0.25, 0.3) is 0 Å². The van der Waals surface area contributed by atoms with Crippen LogP contribution in [0.5, 0.6) is 0 Å². The van der Waals surface area contributed by atoms with E-state index >= 15 is 0 Å². The Kier molecular flexibility index (Phi) is 4.74. The van der Waals surface area contributed by atoms with Gasteiger partial charge >= 0.3 is 0 Å². The predicted octanol–water partition coefficient (Wildman–Crippen LogP) is 4.47. The SMILES string of the molecule is CC(C)=CCCC(C)C1=CCC2(C)OC3=C(CC12)C(=O)C(O)CC3. The third kappa shape index (κ3) is 3.11. The van der Waals surface area contributed by atoms with Crippen LogP contribution in [0.4, 0.5) is 0 Å². The molecule has 1 heterocycles. The molecule has 3 aliphatic rings. The molecule has 0 aromatic carbocycles. The zero-order valence-electron chi connectivity index (χ0n) is 15.4. The average molecular weight is 330 g/mol. The molecule has 3 nitrogen and oxygen atoms in total. The number of rotatable bonds is 4. The van der Waals surface area contributed by atoms with Gasteiger partial charge in [-0.05, 0) is 52.4 Å². The number of fused-ring (bicyclic) bond motifs is 1. The van der Waals surface area contributed by atoms with Gasteiger partial charge in [0, 0.05) is 24.3 Å². The van der Waals surface area contributed by atoms with E-state index in [1.807, 2.05) is 0 Å². The van der Waals surface area contributed by atoms with Crippen molar-refractivity contribution >= 4 is 5.78 Å². The summed E-state index contributed by atoms with van der Waals surface area (Å²) in [6, 6.07) is 0. The predicted molar refractivity (Wildman–Crippen MR) is 95.4 cm³/mol. The van der Waals surface area contributed by atoms with E-state index in [1.165, 1.54) is 11.1 Å². The highest BCUT2D eigenvalue weighted by molar-refractivity contribution is 6.00. The Balaban J connectivity index is 1.76. The van der Waals surface area contributed by atoms with Crippen LogP contribution in [0.1, 0.15) is 66.2 Å². The smallest absolute Gasteiger partial charge is 0.190 e. The van der Waals surface area contributed by atoms with Gasteiger partial charge < -0.3 is 9.84 Å². The Bertz CT molecular complexity index is 621. The number of aliphatic hydroxyl groups is 1. The molecule has 0 radical (unpaired) electrons. The topological polar surface area (TPSA) is 46.5 Å². The van der Waals surface area contributed by atoms with Gasteiger partial charge in [0.2, 0.25) is 0 Å². The van der Waals surface area contributed by atoms with Gasteiger partial charge in [0.25, 0.3) is 0 Å². The van der Waals surface area contributed by atoms with Crippen molar-refractivity contribution in [1.82, 2.24) is 0 Å². The summed E-state index contributed by atoms with van der Waals surface area (Å²) in [6.07, 6.45) is 8.88. The average Bonchev–Trinajstić information content (AvgIpc) is 2.85. The summed E-state index contributed by atoms with van der Waals surface area (Å²) < 4.78 is 6.33. The summed E-state index contributed by atoms with van der Waals surface area (Å²) in [7, 11) is 0. The minimum atomic E-state index is -0.833. The second kappa shape index (κ2) is 6.51. The van der Waals surface area contributed by atoms with Gasteiger partial charge in [-0.2, -0.15) is 0 Å². The van der Waals surface area contributed by atoms with E-state index in [0.29, 0.717) is 18.8 Å². The van der Waals surface area contributed by atoms with E-state index in [0.717, 1.165) is 37.0 Å². The molecule has 24 heavy (non-hydrogen) atoms. The number of aliphatic hydroxyl groups excluding tert-OH is 1. The largest absolute Gasteiger partial charge is 0.491 e. The molecule has 0 aromatic rings. The minimum absolute atomic E-state index is 0.109.